The van der Waals surface area contributed by atoms with Crippen molar-refractivity contribution in [3.63, 3.8) is 0 Å². The minimum Gasteiger partial charge on any atom is -0.334 e. The number of amides is 1. The normalized spacial score (nSPS) is 19.2. The van der Waals surface area contributed by atoms with Crippen LogP contribution in [-0.4, -0.2) is 41.9 Å². The molecule has 1 aliphatic heterocycles. The Balaban J connectivity index is 1.93. The van der Waals surface area contributed by atoms with E-state index in [2.05, 4.69) is 36.0 Å². The van der Waals surface area contributed by atoms with Crippen LogP contribution < -0.4 is 0 Å². The Bertz CT molecular complexity index is 718. The average Bonchev–Trinajstić information content (AvgIpc) is 3.22. The number of likely N-dealkylation sites (tertiary alicyclic amines) is 1. The minimum atomic E-state index is -0.314. The fraction of sp³-hybridized carbons (Fsp3) is 0.647. The molecular formula is C17H26N6O. The van der Waals surface area contributed by atoms with E-state index in [4.69, 9.17) is 0 Å². The summed E-state index contributed by atoms with van der Waals surface area (Å²) in [6.07, 6.45) is 5.13. The average molecular weight is 330 g/mol. The topological polar surface area (TPSA) is 68.8 Å². The Labute approximate surface area is 142 Å². The van der Waals surface area contributed by atoms with Crippen LogP contribution in [0.4, 0.5) is 0 Å². The first-order chi connectivity index (χ1) is 11.4. The van der Waals surface area contributed by atoms with E-state index in [0.717, 1.165) is 30.8 Å². The Kier molecular flexibility index (Phi) is 4.43. The molecule has 0 aromatic carbocycles. The van der Waals surface area contributed by atoms with E-state index < -0.39 is 0 Å². The zero-order chi connectivity index (χ0) is 17.4. The van der Waals surface area contributed by atoms with Gasteiger partial charge in [-0.15, -0.1) is 0 Å². The molecule has 7 heteroatoms. The second-order valence-electron chi connectivity index (χ2n) is 6.96. The van der Waals surface area contributed by atoms with Crippen LogP contribution in [0, 0.1) is 19.8 Å². The van der Waals surface area contributed by atoms with E-state index >= 15 is 0 Å². The first kappa shape index (κ1) is 16.7. The predicted octanol–water partition coefficient (Wildman–Crippen LogP) is 2.19. The van der Waals surface area contributed by atoms with Crippen LogP contribution in [-0.2, 0) is 11.8 Å². The molecule has 1 amide bonds. The molecule has 1 fully saturated rings. The van der Waals surface area contributed by atoms with Gasteiger partial charge >= 0.3 is 0 Å². The van der Waals surface area contributed by atoms with Gasteiger partial charge in [0.05, 0.1) is 11.7 Å². The Hall–Kier alpha value is -2.18. The van der Waals surface area contributed by atoms with E-state index in [9.17, 15) is 4.79 Å². The highest BCUT2D eigenvalue weighted by Crippen LogP contribution is 2.37. The minimum absolute atomic E-state index is 0.107. The summed E-state index contributed by atoms with van der Waals surface area (Å²) < 4.78 is 3.59. The molecule has 2 aromatic rings. The highest BCUT2D eigenvalue weighted by molar-refractivity contribution is 5.81. The summed E-state index contributed by atoms with van der Waals surface area (Å²) in [5.74, 6) is 0.275. The molecule has 130 valence electrons. The molecular weight excluding hydrogens is 304 g/mol. The number of hydrogen-bond donors (Lipinski definition) is 0. The number of carbonyl (C=O) groups is 1. The van der Waals surface area contributed by atoms with Crippen LogP contribution >= 0.6 is 0 Å². The first-order valence-corrected chi connectivity index (χ1v) is 8.56. The van der Waals surface area contributed by atoms with Gasteiger partial charge in [0.2, 0.25) is 5.91 Å². The number of rotatable bonds is 4. The third-order valence-electron chi connectivity index (χ3n) is 5.04. The zero-order valence-electron chi connectivity index (χ0n) is 15.1. The fourth-order valence-electron chi connectivity index (χ4n) is 3.84. The van der Waals surface area contributed by atoms with Crippen molar-refractivity contribution in [3.8, 4) is 0 Å². The first-order valence-electron chi connectivity index (χ1n) is 8.56. The summed E-state index contributed by atoms with van der Waals surface area (Å²) in [4.78, 5) is 19.3. The molecule has 3 heterocycles. The maximum Gasteiger partial charge on any atom is 0.248 e. The number of carbonyl (C=O) groups excluding carboxylic acids is 1. The number of aromatic nitrogens is 5. The van der Waals surface area contributed by atoms with Crippen LogP contribution in [0.3, 0.4) is 0 Å². The standard InChI is InChI=1S/C17H26N6O/c1-11(2)16(23-10-18-9-19-23)17(24)22-8-6-7-14(22)15-12(3)20-21(5)13(15)4/h9-11,14,16H,6-8H2,1-5H3/t14-,16-/m0/s1. The molecule has 1 aliphatic rings. The lowest BCUT2D eigenvalue weighted by molar-refractivity contribution is -0.137. The third kappa shape index (κ3) is 2.72. The number of hydrogen-bond acceptors (Lipinski definition) is 4. The Morgan fingerprint density at radius 3 is 2.62 bits per heavy atom. The smallest absolute Gasteiger partial charge is 0.248 e. The van der Waals surface area contributed by atoms with Crippen molar-refractivity contribution in [3.05, 3.63) is 29.6 Å². The Morgan fingerprint density at radius 2 is 2.08 bits per heavy atom. The molecule has 0 N–H and O–H groups in total. The van der Waals surface area contributed by atoms with Gasteiger partial charge in [0.1, 0.15) is 18.7 Å². The van der Waals surface area contributed by atoms with Crippen molar-refractivity contribution in [2.75, 3.05) is 6.54 Å². The maximum atomic E-state index is 13.3. The molecule has 7 nitrogen and oxygen atoms in total. The van der Waals surface area contributed by atoms with Crippen LogP contribution in [0.25, 0.3) is 0 Å². The summed E-state index contributed by atoms with van der Waals surface area (Å²) in [6, 6.07) is -0.207. The molecule has 2 atom stereocenters. The molecule has 3 rings (SSSR count). The van der Waals surface area contributed by atoms with Gasteiger partial charge in [0.15, 0.2) is 0 Å². The highest BCUT2D eigenvalue weighted by Gasteiger charge is 2.38. The van der Waals surface area contributed by atoms with Crippen molar-refractivity contribution in [1.29, 1.82) is 0 Å². The lowest BCUT2D eigenvalue weighted by Crippen LogP contribution is -2.39. The monoisotopic (exact) mass is 330 g/mol. The largest absolute Gasteiger partial charge is 0.334 e. The predicted molar refractivity (Wildman–Crippen MR) is 90.3 cm³/mol. The van der Waals surface area contributed by atoms with Gasteiger partial charge in [-0.1, -0.05) is 13.8 Å². The van der Waals surface area contributed by atoms with Crippen molar-refractivity contribution < 1.29 is 4.79 Å². The van der Waals surface area contributed by atoms with Crippen molar-refractivity contribution in [2.24, 2.45) is 13.0 Å². The van der Waals surface area contributed by atoms with E-state index in [-0.39, 0.29) is 23.9 Å². The van der Waals surface area contributed by atoms with Crippen LogP contribution in [0.1, 0.15) is 55.7 Å². The molecule has 0 bridgehead atoms. The summed E-state index contributed by atoms with van der Waals surface area (Å²) in [7, 11) is 1.96. The van der Waals surface area contributed by atoms with Crippen LogP contribution in [0.5, 0.6) is 0 Å². The molecule has 0 saturated carbocycles. The number of aryl methyl sites for hydroxylation is 2. The second kappa shape index (κ2) is 6.37. The fourth-order valence-corrected chi connectivity index (χ4v) is 3.84. The molecule has 2 aromatic heterocycles. The van der Waals surface area contributed by atoms with Crippen molar-refractivity contribution >= 4 is 5.91 Å². The van der Waals surface area contributed by atoms with Gasteiger partial charge in [-0.3, -0.25) is 9.48 Å². The van der Waals surface area contributed by atoms with E-state index in [1.807, 2.05) is 23.6 Å². The summed E-state index contributed by atoms with van der Waals surface area (Å²) >= 11 is 0. The van der Waals surface area contributed by atoms with Gasteiger partial charge < -0.3 is 4.90 Å². The van der Waals surface area contributed by atoms with Gasteiger partial charge in [-0.25, -0.2) is 9.67 Å². The van der Waals surface area contributed by atoms with E-state index in [1.165, 1.54) is 11.9 Å². The maximum absolute atomic E-state index is 13.3. The van der Waals surface area contributed by atoms with E-state index in [0.29, 0.717) is 0 Å². The van der Waals surface area contributed by atoms with Gasteiger partial charge in [-0.2, -0.15) is 10.2 Å². The molecule has 1 saturated heterocycles. The van der Waals surface area contributed by atoms with Crippen molar-refractivity contribution in [2.45, 2.75) is 52.6 Å². The quantitative estimate of drug-likeness (QED) is 0.862. The van der Waals surface area contributed by atoms with Crippen LogP contribution in [0.15, 0.2) is 12.7 Å². The molecule has 24 heavy (non-hydrogen) atoms. The molecule has 0 unspecified atom stereocenters. The third-order valence-corrected chi connectivity index (χ3v) is 5.04. The highest BCUT2D eigenvalue weighted by atomic mass is 16.2. The number of nitrogens with zero attached hydrogens (tertiary/aromatic N) is 6. The van der Waals surface area contributed by atoms with Crippen molar-refractivity contribution in [1.82, 2.24) is 29.4 Å². The SMILES string of the molecule is Cc1nn(C)c(C)c1[C@@H]1CCCN1C(=O)[C@H](C(C)C)n1cncn1. The van der Waals surface area contributed by atoms with E-state index in [1.54, 1.807) is 11.0 Å². The second-order valence-corrected chi connectivity index (χ2v) is 6.96. The van der Waals surface area contributed by atoms with Gasteiger partial charge in [0, 0.05) is 24.8 Å². The Morgan fingerprint density at radius 1 is 1.33 bits per heavy atom. The zero-order valence-corrected chi connectivity index (χ0v) is 15.1. The molecule has 0 spiro atoms. The summed E-state index contributed by atoms with van der Waals surface area (Å²) in [5.41, 5.74) is 3.35. The lowest BCUT2D eigenvalue weighted by Gasteiger charge is -2.31. The summed E-state index contributed by atoms with van der Waals surface area (Å²) in [5, 5.41) is 8.74. The molecule has 0 radical (unpaired) electrons. The summed E-state index contributed by atoms with van der Waals surface area (Å²) in [6.45, 7) is 9.00. The lowest BCUT2D eigenvalue weighted by atomic mass is 9.99. The van der Waals surface area contributed by atoms with Gasteiger partial charge in [0.25, 0.3) is 0 Å². The molecule has 0 aliphatic carbocycles. The van der Waals surface area contributed by atoms with Crippen LogP contribution in [0.2, 0.25) is 0 Å². The van der Waals surface area contributed by atoms with Gasteiger partial charge in [-0.05, 0) is 32.6 Å².